The van der Waals surface area contributed by atoms with Gasteiger partial charge in [0, 0.05) is 18.1 Å². The molecule has 0 unspecified atom stereocenters. The molecule has 2 aromatic carbocycles. The van der Waals surface area contributed by atoms with E-state index in [-0.39, 0.29) is 11.8 Å². The number of thioether (sulfide) groups is 1. The molecule has 0 aromatic heterocycles. The number of benzene rings is 2. The average molecular weight is 362 g/mol. The Morgan fingerprint density at radius 1 is 0.917 bits per heavy atom. The van der Waals surface area contributed by atoms with Crippen molar-refractivity contribution < 1.29 is 14.3 Å². The monoisotopic (exact) mass is 361 g/mol. The lowest BCUT2D eigenvalue weighted by molar-refractivity contribution is 0.0664. The Morgan fingerprint density at radius 2 is 1.54 bits per heavy atom. The summed E-state index contributed by atoms with van der Waals surface area (Å²) in [6.07, 6.45) is 0. The minimum Gasteiger partial charge on any atom is -0.491 e. The molecule has 3 rings (SSSR count). The molecule has 0 atom stereocenters. The third-order valence-corrected chi connectivity index (χ3v) is 4.90. The highest BCUT2D eigenvalue weighted by Gasteiger charge is 2.34. The number of rotatable bonds is 7. The molecule has 2 amide bonds. The van der Waals surface area contributed by atoms with E-state index in [1.165, 1.54) is 4.90 Å². The van der Waals surface area contributed by atoms with Gasteiger partial charge in [-0.1, -0.05) is 35.9 Å². The summed E-state index contributed by atoms with van der Waals surface area (Å²) < 4.78 is 5.60. The fraction of sp³-hybridized carbons (Fsp3) is 0.222. The fourth-order valence-electron chi connectivity index (χ4n) is 2.47. The minimum atomic E-state index is -0.205. The number of carbonyl (C=O) groups is 2. The van der Waals surface area contributed by atoms with E-state index in [1.54, 1.807) is 42.1 Å². The van der Waals surface area contributed by atoms with E-state index >= 15 is 0 Å². The van der Waals surface area contributed by atoms with Crippen LogP contribution < -0.4 is 4.74 Å². The van der Waals surface area contributed by atoms with Crippen LogP contribution in [0.1, 0.15) is 20.7 Å². The van der Waals surface area contributed by atoms with Crippen LogP contribution in [0.4, 0.5) is 0 Å². The van der Waals surface area contributed by atoms with Gasteiger partial charge in [-0.05, 0) is 24.3 Å². The number of hydrogen-bond donors (Lipinski definition) is 0. The highest BCUT2D eigenvalue weighted by molar-refractivity contribution is 7.99. The third-order valence-electron chi connectivity index (χ3n) is 3.66. The van der Waals surface area contributed by atoms with E-state index in [0.29, 0.717) is 40.8 Å². The van der Waals surface area contributed by atoms with Crippen LogP contribution in [0, 0.1) is 0 Å². The van der Waals surface area contributed by atoms with Crippen LogP contribution in [0.15, 0.2) is 48.5 Å². The Hall–Kier alpha value is -1.98. The van der Waals surface area contributed by atoms with Crippen molar-refractivity contribution in [2.24, 2.45) is 0 Å². The van der Waals surface area contributed by atoms with Gasteiger partial charge in [0.05, 0.1) is 22.8 Å². The summed E-state index contributed by atoms with van der Waals surface area (Å²) in [7, 11) is 0. The number of ether oxygens (including phenoxy) is 1. The van der Waals surface area contributed by atoms with E-state index < -0.39 is 0 Å². The smallest absolute Gasteiger partial charge is 0.261 e. The number of carbonyl (C=O) groups excluding carboxylic acids is 2. The van der Waals surface area contributed by atoms with Crippen LogP contribution in [-0.2, 0) is 0 Å². The van der Waals surface area contributed by atoms with Gasteiger partial charge in [0.2, 0.25) is 0 Å². The van der Waals surface area contributed by atoms with Crippen molar-refractivity contribution in [3.63, 3.8) is 0 Å². The second kappa shape index (κ2) is 7.73. The highest BCUT2D eigenvalue weighted by Crippen LogP contribution is 2.24. The van der Waals surface area contributed by atoms with E-state index in [0.717, 1.165) is 5.75 Å². The van der Waals surface area contributed by atoms with Crippen molar-refractivity contribution in [1.82, 2.24) is 4.90 Å². The van der Waals surface area contributed by atoms with Gasteiger partial charge in [0.1, 0.15) is 5.75 Å². The van der Waals surface area contributed by atoms with E-state index in [1.807, 2.05) is 18.2 Å². The number of hydrogen-bond acceptors (Lipinski definition) is 4. The fourth-order valence-corrected chi connectivity index (χ4v) is 3.38. The lowest BCUT2D eigenvalue weighted by atomic mass is 10.1. The van der Waals surface area contributed by atoms with Crippen LogP contribution >= 0.6 is 23.4 Å². The molecule has 6 heteroatoms. The molecule has 124 valence electrons. The summed E-state index contributed by atoms with van der Waals surface area (Å²) in [5.74, 6) is 1.69. The Kier molecular flexibility index (Phi) is 5.43. The molecule has 1 aliphatic rings. The molecule has 0 spiro atoms. The van der Waals surface area contributed by atoms with E-state index in [2.05, 4.69) is 0 Å². The summed E-state index contributed by atoms with van der Waals surface area (Å²) in [6, 6.07) is 14.3. The first kappa shape index (κ1) is 16.9. The number of amides is 2. The quantitative estimate of drug-likeness (QED) is 0.556. The standard InChI is InChI=1S/C18H16ClNO3S/c19-15-7-3-4-8-16(15)23-10-12-24-11-9-20-17(21)13-5-1-2-6-14(13)18(20)22/h1-8H,9-12H2. The van der Waals surface area contributed by atoms with E-state index in [4.69, 9.17) is 16.3 Å². The molecule has 0 fully saturated rings. The van der Waals surface area contributed by atoms with Crippen molar-refractivity contribution in [3.8, 4) is 5.75 Å². The molecule has 0 N–H and O–H groups in total. The van der Waals surface area contributed by atoms with Crippen LogP contribution in [0.2, 0.25) is 5.02 Å². The summed E-state index contributed by atoms with van der Waals surface area (Å²) in [5, 5.41) is 0.591. The van der Waals surface area contributed by atoms with Gasteiger partial charge >= 0.3 is 0 Å². The molecule has 2 aromatic rings. The van der Waals surface area contributed by atoms with Crippen molar-refractivity contribution in [1.29, 1.82) is 0 Å². The Bertz CT molecular complexity index is 730. The highest BCUT2D eigenvalue weighted by atomic mass is 35.5. The third kappa shape index (κ3) is 3.57. The maximum absolute atomic E-state index is 12.2. The maximum atomic E-state index is 12.2. The molecular formula is C18H16ClNO3S. The number of nitrogens with zero attached hydrogens (tertiary/aromatic N) is 1. The summed E-state index contributed by atoms with van der Waals surface area (Å²) in [4.78, 5) is 25.7. The lowest BCUT2D eigenvalue weighted by Crippen LogP contribution is -2.32. The van der Waals surface area contributed by atoms with Gasteiger partial charge in [-0.15, -0.1) is 0 Å². The number of para-hydroxylation sites is 1. The first-order valence-corrected chi connectivity index (χ1v) is 9.12. The molecule has 0 saturated heterocycles. The van der Waals surface area contributed by atoms with Gasteiger partial charge < -0.3 is 4.74 Å². The SMILES string of the molecule is O=C1c2ccccc2C(=O)N1CCSCCOc1ccccc1Cl. The molecule has 24 heavy (non-hydrogen) atoms. The molecule has 0 saturated carbocycles. The lowest BCUT2D eigenvalue weighted by Gasteiger charge is -2.13. The van der Waals surface area contributed by atoms with Gasteiger partial charge in [-0.3, -0.25) is 14.5 Å². The molecular weight excluding hydrogens is 346 g/mol. The molecule has 1 heterocycles. The number of imide groups is 1. The van der Waals surface area contributed by atoms with E-state index in [9.17, 15) is 9.59 Å². The molecule has 0 bridgehead atoms. The number of halogens is 1. The Labute approximate surface area is 149 Å². The van der Waals surface area contributed by atoms with Crippen molar-refractivity contribution in [2.75, 3.05) is 24.7 Å². The zero-order chi connectivity index (χ0) is 16.9. The van der Waals surface area contributed by atoms with Crippen LogP contribution in [0.3, 0.4) is 0 Å². The average Bonchev–Trinajstić information content (AvgIpc) is 2.84. The van der Waals surface area contributed by atoms with Crippen molar-refractivity contribution >= 4 is 35.2 Å². The van der Waals surface area contributed by atoms with Gasteiger partial charge in [0.25, 0.3) is 11.8 Å². The largest absolute Gasteiger partial charge is 0.491 e. The van der Waals surface area contributed by atoms with Crippen molar-refractivity contribution in [3.05, 3.63) is 64.7 Å². The summed E-state index contributed by atoms with van der Waals surface area (Å²) >= 11 is 7.65. The van der Waals surface area contributed by atoms with Gasteiger partial charge in [-0.25, -0.2) is 0 Å². The Morgan fingerprint density at radius 3 is 2.21 bits per heavy atom. The van der Waals surface area contributed by atoms with Crippen LogP contribution in [-0.4, -0.2) is 41.4 Å². The van der Waals surface area contributed by atoms with Crippen LogP contribution in [0.25, 0.3) is 0 Å². The summed E-state index contributed by atoms with van der Waals surface area (Å²) in [6.45, 7) is 0.930. The normalized spacial score (nSPS) is 13.3. The first-order chi connectivity index (χ1) is 11.7. The minimum absolute atomic E-state index is 0.205. The zero-order valence-corrected chi connectivity index (χ0v) is 14.5. The molecule has 4 nitrogen and oxygen atoms in total. The predicted molar refractivity (Wildman–Crippen MR) is 96.1 cm³/mol. The molecule has 1 aliphatic heterocycles. The van der Waals surface area contributed by atoms with Crippen molar-refractivity contribution in [2.45, 2.75) is 0 Å². The predicted octanol–water partition coefficient (Wildman–Crippen LogP) is 3.75. The number of fused-ring (bicyclic) bond motifs is 1. The topological polar surface area (TPSA) is 46.6 Å². The molecule has 0 aliphatic carbocycles. The van der Waals surface area contributed by atoms with Gasteiger partial charge in [0.15, 0.2) is 0 Å². The second-order valence-corrected chi connectivity index (χ2v) is 6.83. The maximum Gasteiger partial charge on any atom is 0.261 e. The Balaban J connectivity index is 1.41. The van der Waals surface area contributed by atoms with Gasteiger partial charge in [-0.2, -0.15) is 11.8 Å². The second-order valence-electron chi connectivity index (χ2n) is 5.20. The zero-order valence-electron chi connectivity index (χ0n) is 12.9. The summed E-state index contributed by atoms with van der Waals surface area (Å²) in [5.41, 5.74) is 0.990. The first-order valence-electron chi connectivity index (χ1n) is 7.59. The molecule has 0 radical (unpaired) electrons. The van der Waals surface area contributed by atoms with Crippen LogP contribution in [0.5, 0.6) is 5.75 Å².